The van der Waals surface area contributed by atoms with Gasteiger partial charge in [-0.05, 0) is 48.9 Å². The number of methoxy groups -OCH3 is 3. The monoisotopic (exact) mass is 418 g/mol. The zero-order valence-electron chi connectivity index (χ0n) is 16.5. The van der Waals surface area contributed by atoms with Crippen LogP contribution in [0.3, 0.4) is 0 Å². The largest absolute Gasteiger partial charge is 0.495 e. The molecule has 2 aromatic carbocycles. The van der Waals surface area contributed by atoms with Crippen molar-refractivity contribution >= 4 is 29.1 Å². The van der Waals surface area contributed by atoms with E-state index in [1.807, 2.05) is 18.2 Å². The first kappa shape index (κ1) is 21.0. The molecule has 1 atom stereocenters. The van der Waals surface area contributed by atoms with Gasteiger partial charge in [-0.25, -0.2) is 4.90 Å². The number of ether oxygens (including phenoxy) is 3. The van der Waals surface area contributed by atoms with Gasteiger partial charge in [-0.3, -0.25) is 9.59 Å². The van der Waals surface area contributed by atoms with E-state index in [0.717, 1.165) is 5.56 Å². The second-order valence-electron chi connectivity index (χ2n) is 6.54. The SMILES string of the molecule is COc1ccc(N2C(=O)C[C@H](NCCc3ccc(OC)c(OC)c3)C2=O)cc1Cl. The van der Waals surface area contributed by atoms with Crippen LogP contribution >= 0.6 is 11.6 Å². The molecule has 1 aliphatic heterocycles. The molecule has 0 bridgehead atoms. The number of carbonyl (C=O) groups is 2. The Labute approximate surface area is 174 Å². The van der Waals surface area contributed by atoms with Crippen molar-refractivity contribution in [1.82, 2.24) is 5.32 Å². The Kier molecular flexibility index (Phi) is 6.61. The molecule has 2 aromatic rings. The van der Waals surface area contributed by atoms with Gasteiger partial charge in [0.2, 0.25) is 5.91 Å². The number of anilines is 1. The molecule has 0 aliphatic carbocycles. The van der Waals surface area contributed by atoms with E-state index in [1.54, 1.807) is 32.4 Å². The number of halogens is 1. The summed E-state index contributed by atoms with van der Waals surface area (Å²) in [5, 5.41) is 3.51. The smallest absolute Gasteiger partial charge is 0.251 e. The van der Waals surface area contributed by atoms with E-state index in [-0.39, 0.29) is 18.2 Å². The number of imide groups is 1. The maximum Gasteiger partial charge on any atom is 0.251 e. The van der Waals surface area contributed by atoms with Crippen molar-refractivity contribution in [2.24, 2.45) is 0 Å². The third-order valence-corrected chi connectivity index (χ3v) is 5.09. The first-order valence-electron chi connectivity index (χ1n) is 9.13. The van der Waals surface area contributed by atoms with Crippen molar-refractivity contribution in [2.45, 2.75) is 18.9 Å². The van der Waals surface area contributed by atoms with Crippen molar-refractivity contribution in [1.29, 1.82) is 0 Å². The summed E-state index contributed by atoms with van der Waals surface area (Å²) in [5.41, 5.74) is 1.47. The van der Waals surface area contributed by atoms with Gasteiger partial charge < -0.3 is 19.5 Å². The maximum absolute atomic E-state index is 12.7. The molecule has 1 saturated heterocycles. The summed E-state index contributed by atoms with van der Waals surface area (Å²) in [6.07, 6.45) is 0.779. The van der Waals surface area contributed by atoms with Gasteiger partial charge in [0.05, 0.1) is 44.5 Å². The Balaban J connectivity index is 1.62. The number of benzene rings is 2. The minimum atomic E-state index is -0.566. The van der Waals surface area contributed by atoms with E-state index in [9.17, 15) is 9.59 Å². The van der Waals surface area contributed by atoms with Crippen molar-refractivity contribution < 1.29 is 23.8 Å². The molecule has 0 aromatic heterocycles. The van der Waals surface area contributed by atoms with Crippen molar-refractivity contribution in [3.63, 3.8) is 0 Å². The normalized spacial score (nSPS) is 16.3. The van der Waals surface area contributed by atoms with Crippen LogP contribution in [0.2, 0.25) is 5.02 Å². The number of rotatable bonds is 8. The summed E-state index contributed by atoms with van der Waals surface area (Å²) in [4.78, 5) is 26.3. The third kappa shape index (κ3) is 4.46. The number of carbonyl (C=O) groups excluding carboxylic acids is 2. The molecule has 154 valence electrons. The fraction of sp³-hybridized carbons (Fsp3) is 0.333. The predicted molar refractivity (Wildman–Crippen MR) is 110 cm³/mol. The molecule has 1 N–H and O–H groups in total. The second kappa shape index (κ2) is 9.15. The molecule has 3 rings (SSSR count). The maximum atomic E-state index is 12.7. The molecule has 7 nitrogen and oxygen atoms in total. The molecule has 29 heavy (non-hydrogen) atoms. The van der Waals surface area contributed by atoms with Gasteiger partial charge in [-0.2, -0.15) is 0 Å². The van der Waals surface area contributed by atoms with Gasteiger partial charge in [-0.1, -0.05) is 17.7 Å². The zero-order chi connectivity index (χ0) is 21.0. The molecule has 0 radical (unpaired) electrons. The average Bonchev–Trinajstić information content (AvgIpc) is 3.01. The van der Waals surface area contributed by atoms with Crippen molar-refractivity contribution in [3.8, 4) is 17.2 Å². The minimum absolute atomic E-state index is 0.106. The van der Waals surface area contributed by atoms with Crippen LogP contribution < -0.4 is 24.4 Å². The summed E-state index contributed by atoms with van der Waals surface area (Å²) in [6, 6.07) is 9.95. The van der Waals surface area contributed by atoms with Crippen LogP contribution in [-0.4, -0.2) is 45.7 Å². The summed E-state index contributed by atoms with van der Waals surface area (Å²) < 4.78 is 15.7. The highest BCUT2D eigenvalue weighted by atomic mass is 35.5. The lowest BCUT2D eigenvalue weighted by Gasteiger charge is -2.17. The van der Waals surface area contributed by atoms with E-state index >= 15 is 0 Å². The fourth-order valence-electron chi connectivity index (χ4n) is 3.28. The Morgan fingerprint density at radius 2 is 1.69 bits per heavy atom. The molecule has 0 unspecified atom stereocenters. The first-order valence-corrected chi connectivity index (χ1v) is 9.51. The number of nitrogens with zero attached hydrogens (tertiary/aromatic N) is 1. The highest BCUT2D eigenvalue weighted by Gasteiger charge is 2.39. The number of hydrogen-bond acceptors (Lipinski definition) is 6. The van der Waals surface area contributed by atoms with Crippen LogP contribution in [0.5, 0.6) is 17.2 Å². The van der Waals surface area contributed by atoms with Gasteiger partial charge >= 0.3 is 0 Å². The Bertz CT molecular complexity index is 918. The third-order valence-electron chi connectivity index (χ3n) is 4.79. The topological polar surface area (TPSA) is 77.1 Å². The molecular weight excluding hydrogens is 396 g/mol. The number of hydrogen-bond donors (Lipinski definition) is 1. The Hall–Kier alpha value is -2.77. The molecule has 0 saturated carbocycles. The van der Waals surface area contributed by atoms with Crippen LogP contribution in [0.15, 0.2) is 36.4 Å². The highest BCUT2D eigenvalue weighted by molar-refractivity contribution is 6.33. The standard InChI is InChI=1S/C21H23ClN2O5/c1-27-17-7-5-14(11-15(17)22)24-20(25)12-16(21(24)26)23-9-8-13-4-6-18(28-2)19(10-13)29-3/h4-7,10-11,16,23H,8-9,12H2,1-3H3/t16-/m0/s1. The van der Waals surface area contributed by atoms with Crippen LogP contribution in [0.4, 0.5) is 5.69 Å². The number of nitrogens with one attached hydrogen (secondary N) is 1. The lowest BCUT2D eigenvalue weighted by atomic mass is 10.1. The Morgan fingerprint density at radius 3 is 2.34 bits per heavy atom. The van der Waals surface area contributed by atoms with Gasteiger partial charge in [0, 0.05) is 0 Å². The van der Waals surface area contributed by atoms with Gasteiger partial charge in [0.15, 0.2) is 11.5 Å². The summed E-state index contributed by atoms with van der Waals surface area (Å²) in [7, 11) is 4.68. The molecular formula is C21H23ClN2O5. The van der Waals surface area contributed by atoms with Gasteiger partial charge in [0.25, 0.3) is 5.91 Å². The van der Waals surface area contributed by atoms with Crippen LogP contribution in [-0.2, 0) is 16.0 Å². The molecule has 1 aliphatic rings. The quantitative estimate of drug-likeness (QED) is 0.664. The molecule has 0 spiro atoms. The van der Waals surface area contributed by atoms with Crippen LogP contribution in [0.25, 0.3) is 0 Å². The molecule has 2 amide bonds. The van der Waals surface area contributed by atoms with E-state index in [2.05, 4.69) is 5.32 Å². The van der Waals surface area contributed by atoms with Gasteiger partial charge in [0.1, 0.15) is 5.75 Å². The van der Waals surface area contributed by atoms with Crippen LogP contribution in [0, 0.1) is 0 Å². The van der Waals surface area contributed by atoms with Crippen molar-refractivity contribution in [3.05, 3.63) is 47.0 Å². The van der Waals surface area contributed by atoms with E-state index < -0.39 is 6.04 Å². The lowest BCUT2D eigenvalue weighted by Crippen LogP contribution is -2.39. The molecule has 8 heteroatoms. The summed E-state index contributed by atoms with van der Waals surface area (Å²) in [6.45, 7) is 0.538. The zero-order valence-corrected chi connectivity index (χ0v) is 17.3. The minimum Gasteiger partial charge on any atom is -0.495 e. The average molecular weight is 419 g/mol. The van der Waals surface area contributed by atoms with Gasteiger partial charge in [-0.15, -0.1) is 0 Å². The summed E-state index contributed by atoms with van der Waals surface area (Å²) >= 11 is 6.13. The predicted octanol–water partition coefficient (Wildman–Crippen LogP) is 2.83. The highest BCUT2D eigenvalue weighted by Crippen LogP contribution is 2.32. The second-order valence-corrected chi connectivity index (χ2v) is 6.94. The number of amides is 2. The van der Waals surface area contributed by atoms with Crippen molar-refractivity contribution in [2.75, 3.05) is 32.8 Å². The molecule has 1 fully saturated rings. The molecule has 1 heterocycles. The first-order chi connectivity index (χ1) is 14.0. The van der Waals surface area contributed by atoms with E-state index in [0.29, 0.717) is 40.9 Å². The lowest BCUT2D eigenvalue weighted by molar-refractivity contribution is -0.121. The van der Waals surface area contributed by atoms with Crippen LogP contribution in [0.1, 0.15) is 12.0 Å². The summed E-state index contributed by atoms with van der Waals surface area (Å²) in [5.74, 6) is 1.25. The Morgan fingerprint density at radius 1 is 1.00 bits per heavy atom. The van der Waals surface area contributed by atoms with E-state index in [4.69, 9.17) is 25.8 Å². The van der Waals surface area contributed by atoms with E-state index in [1.165, 1.54) is 12.0 Å². The fourth-order valence-corrected chi connectivity index (χ4v) is 3.54.